The highest BCUT2D eigenvalue weighted by atomic mass is 19.4. The summed E-state index contributed by atoms with van der Waals surface area (Å²) in [4.78, 5) is 12.6. The molecule has 4 nitrogen and oxygen atoms in total. The molecule has 0 aromatic heterocycles. The number of piperidine rings is 1. The van der Waals surface area contributed by atoms with Crippen LogP contribution in [0.15, 0.2) is 30.3 Å². The van der Waals surface area contributed by atoms with E-state index in [1.165, 1.54) is 6.92 Å². The van der Waals surface area contributed by atoms with Crippen molar-refractivity contribution >= 4 is 5.91 Å². The fraction of sp³-hybridized carbons (Fsp3) is 0.611. The van der Waals surface area contributed by atoms with Gasteiger partial charge in [-0.1, -0.05) is 30.3 Å². The summed E-state index contributed by atoms with van der Waals surface area (Å²) in [5, 5.41) is 3.38. The molecule has 0 aliphatic carbocycles. The van der Waals surface area contributed by atoms with Crippen LogP contribution < -0.4 is 5.32 Å². The maximum atomic E-state index is 13.1. The van der Waals surface area contributed by atoms with Crippen LogP contribution in [0.5, 0.6) is 0 Å². The van der Waals surface area contributed by atoms with Crippen LogP contribution in [0.2, 0.25) is 0 Å². The van der Waals surface area contributed by atoms with Gasteiger partial charge < -0.3 is 15.0 Å². The van der Waals surface area contributed by atoms with Gasteiger partial charge in [-0.05, 0) is 24.8 Å². The topological polar surface area (TPSA) is 41.6 Å². The molecule has 3 atom stereocenters. The van der Waals surface area contributed by atoms with Gasteiger partial charge in [0.15, 0.2) is 0 Å². The number of halogens is 3. The Morgan fingerprint density at radius 3 is 2.56 bits per heavy atom. The third kappa shape index (κ3) is 5.71. The number of hydrogen-bond donors (Lipinski definition) is 1. The number of rotatable bonds is 6. The minimum Gasteiger partial charge on any atom is -0.383 e. The minimum absolute atomic E-state index is 0.0198. The van der Waals surface area contributed by atoms with Crippen molar-refractivity contribution in [2.24, 2.45) is 0 Å². The second kappa shape index (κ2) is 8.67. The van der Waals surface area contributed by atoms with Crippen molar-refractivity contribution in [1.82, 2.24) is 10.2 Å². The third-order valence-electron chi connectivity index (χ3n) is 4.53. The van der Waals surface area contributed by atoms with Gasteiger partial charge in [0.25, 0.3) is 0 Å². The first-order valence-corrected chi connectivity index (χ1v) is 8.44. The number of hydrogen-bond acceptors (Lipinski definition) is 3. The fourth-order valence-corrected chi connectivity index (χ4v) is 3.39. The lowest BCUT2D eigenvalue weighted by molar-refractivity contribution is -0.196. The Labute approximate surface area is 146 Å². The van der Waals surface area contributed by atoms with E-state index in [0.29, 0.717) is 19.4 Å². The first-order valence-electron chi connectivity index (χ1n) is 8.44. The van der Waals surface area contributed by atoms with Crippen molar-refractivity contribution in [3.63, 3.8) is 0 Å². The average Bonchev–Trinajstić information content (AvgIpc) is 2.55. The molecule has 1 aliphatic rings. The molecule has 1 fully saturated rings. The number of nitrogens with zero attached hydrogens (tertiary/aromatic N) is 1. The highest BCUT2D eigenvalue weighted by Crippen LogP contribution is 2.32. The van der Waals surface area contributed by atoms with Crippen LogP contribution in [0.1, 0.15) is 25.3 Å². The maximum Gasteiger partial charge on any atom is 0.408 e. The first-order chi connectivity index (χ1) is 11.8. The van der Waals surface area contributed by atoms with E-state index in [1.807, 2.05) is 30.3 Å². The zero-order chi connectivity index (χ0) is 18.4. The van der Waals surface area contributed by atoms with E-state index in [4.69, 9.17) is 4.74 Å². The van der Waals surface area contributed by atoms with E-state index in [2.05, 4.69) is 5.32 Å². The summed E-state index contributed by atoms with van der Waals surface area (Å²) in [6.45, 7) is 1.71. The summed E-state index contributed by atoms with van der Waals surface area (Å²) in [5.41, 5.74) is 1.13. The number of nitrogens with one attached hydrogen (secondary N) is 1. The first kappa shape index (κ1) is 19.7. The monoisotopic (exact) mass is 358 g/mol. The quantitative estimate of drug-likeness (QED) is 0.850. The number of benzene rings is 1. The van der Waals surface area contributed by atoms with E-state index >= 15 is 0 Å². The van der Waals surface area contributed by atoms with Gasteiger partial charge in [0.05, 0.1) is 6.61 Å². The number of ether oxygens (including phenoxy) is 1. The fourth-order valence-electron chi connectivity index (χ4n) is 3.39. The molecule has 7 heteroatoms. The molecule has 1 amide bonds. The van der Waals surface area contributed by atoms with Crippen LogP contribution in [-0.4, -0.2) is 55.4 Å². The summed E-state index contributed by atoms with van der Waals surface area (Å²) in [6.07, 6.45) is -3.37. The molecular weight excluding hydrogens is 333 g/mol. The number of methoxy groups -OCH3 is 1. The van der Waals surface area contributed by atoms with Gasteiger partial charge in [0.2, 0.25) is 5.91 Å². The maximum absolute atomic E-state index is 13.1. The molecule has 1 saturated heterocycles. The Balaban J connectivity index is 2.01. The zero-order valence-corrected chi connectivity index (χ0v) is 14.6. The number of alkyl halides is 3. The SMILES string of the molecule is COCC(Cc1ccccc1)NC1CCC(C(F)(F)F)N(C(C)=O)C1. The van der Waals surface area contributed by atoms with Gasteiger partial charge >= 0.3 is 6.18 Å². The van der Waals surface area contributed by atoms with Crippen LogP contribution in [0.4, 0.5) is 13.2 Å². The summed E-state index contributed by atoms with van der Waals surface area (Å²) in [5.74, 6) is -0.542. The second-order valence-corrected chi connectivity index (χ2v) is 6.51. The smallest absolute Gasteiger partial charge is 0.383 e. The van der Waals surface area contributed by atoms with Gasteiger partial charge in [-0.25, -0.2) is 0 Å². The van der Waals surface area contributed by atoms with Crippen molar-refractivity contribution in [1.29, 1.82) is 0 Å². The average molecular weight is 358 g/mol. The molecule has 3 unspecified atom stereocenters. The standard InChI is InChI=1S/C18H25F3N2O2/c1-13(24)23-11-15(8-9-17(23)18(19,20)21)22-16(12-25-2)10-14-6-4-3-5-7-14/h3-7,15-17,22H,8-12H2,1-2H3. The van der Waals surface area contributed by atoms with Crippen molar-refractivity contribution in [3.8, 4) is 0 Å². The van der Waals surface area contributed by atoms with Crippen molar-refractivity contribution in [2.45, 2.75) is 50.5 Å². The Hall–Kier alpha value is -1.60. The van der Waals surface area contributed by atoms with Gasteiger partial charge in [-0.2, -0.15) is 13.2 Å². The number of carbonyl (C=O) groups is 1. The molecule has 25 heavy (non-hydrogen) atoms. The number of amides is 1. The summed E-state index contributed by atoms with van der Waals surface area (Å²) < 4.78 is 44.6. The Kier molecular flexibility index (Phi) is 6.84. The predicted octanol–water partition coefficient (Wildman–Crippen LogP) is 2.78. The molecule has 0 spiro atoms. The number of likely N-dealkylation sites (tertiary alicyclic amines) is 1. The Bertz CT molecular complexity index is 551. The molecule has 0 saturated carbocycles. The van der Waals surface area contributed by atoms with Crippen LogP contribution in [-0.2, 0) is 16.0 Å². The van der Waals surface area contributed by atoms with Crippen molar-refractivity contribution in [3.05, 3.63) is 35.9 Å². The molecule has 1 aromatic rings. The van der Waals surface area contributed by atoms with E-state index in [-0.39, 0.29) is 25.0 Å². The van der Waals surface area contributed by atoms with Gasteiger partial charge in [0.1, 0.15) is 6.04 Å². The van der Waals surface area contributed by atoms with E-state index in [1.54, 1.807) is 7.11 Å². The molecule has 1 aliphatic heterocycles. The van der Waals surface area contributed by atoms with Crippen LogP contribution >= 0.6 is 0 Å². The van der Waals surface area contributed by atoms with Gasteiger partial charge in [-0.15, -0.1) is 0 Å². The molecule has 1 N–H and O–H groups in total. The van der Waals surface area contributed by atoms with Gasteiger partial charge in [0, 0.05) is 32.7 Å². The lowest BCUT2D eigenvalue weighted by Crippen LogP contribution is -2.58. The minimum atomic E-state index is -4.38. The second-order valence-electron chi connectivity index (χ2n) is 6.51. The summed E-state index contributed by atoms with van der Waals surface area (Å²) in [7, 11) is 1.60. The zero-order valence-electron chi connectivity index (χ0n) is 14.6. The molecule has 140 valence electrons. The highest BCUT2D eigenvalue weighted by molar-refractivity contribution is 5.74. The van der Waals surface area contributed by atoms with Crippen LogP contribution in [0, 0.1) is 0 Å². The lowest BCUT2D eigenvalue weighted by Gasteiger charge is -2.41. The normalized spacial score (nSPS) is 22.7. The lowest BCUT2D eigenvalue weighted by atomic mass is 9.96. The van der Waals surface area contributed by atoms with Crippen LogP contribution in [0.3, 0.4) is 0 Å². The highest BCUT2D eigenvalue weighted by Gasteiger charge is 2.47. The predicted molar refractivity (Wildman–Crippen MR) is 89.2 cm³/mol. The molecule has 2 rings (SSSR count). The van der Waals surface area contributed by atoms with Crippen molar-refractivity contribution < 1.29 is 22.7 Å². The summed E-state index contributed by atoms with van der Waals surface area (Å²) >= 11 is 0. The van der Waals surface area contributed by atoms with Crippen LogP contribution in [0.25, 0.3) is 0 Å². The summed E-state index contributed by atoms with van der Waals surface area (Å²) in [6, 6.07) is 7.97. The third-order valence-corrected chi connectivity index (χ3v) is 4.53. The largest absolute Gasteiger partial charge is 0.408 e. The molecule has 0 bridgehead atoms. The number of carbonyl (C=O) groups excluding carboxylic acids is 1. The Morgan fingerprint density at radius 1 is 1.32 bits per heavy atom. The molecule has 1 aromatic carbocycles. The molecule has 1 heterocycles. The molecule has 0 radical (unpaired) electrons. The van der Waals surface area contributed by atoms with E-state index < -0.39 is 18.1 Å². The van der Waals surface area contributed by atoms with Crippen molar-refractivity contribution in [2.75, 3.05) is 20.3 Å². The Morgan fingerprint density at radius 2 is 2.00 bits per heavy atom. The van der Waals surface area contributed by atoms with E-state index in [9.17, 15) is 18.0 Å². The molecular formula is C18H25F3N2O2. The van der Waals surface area contributed by atoms with Gasteiger partial charge in [-0.3, -0.25) is 4.79 Å². The van der Waals surface area contributed by atoms with E-state index in [0.717, 1.165) is 10.5 Å².